The van der Waals surface area contributed by atoms with Gasteiger partial charge in [-0.2, -0.15) is 0 Å². The van der Waals surface area contributed by atoms with Crippen LogP contribution in [-0.2, 0) is 6.54 Å². The predicted molar refractivity (Wildman–Crippen MR) is 89.1 cm³/mol. The summed E-state index contributed by atoms with van der Waals surface area (Å²) in [4.78, 5) is 2.26. The van der Waals surface area contributed by atoms with Gasteiger partial charge in [0.05, 0.1) is 13.2 Å². The number of hydrogen-bond acceptors (Lipinski definition) is 5. The van der Waals surface area contributed by atoms with Crippen molar-refractivity contribution in [1.82, 2.24) is 15.1 Å². The van der Waals surface area contributed by atoms with Crippen LogP contribution in [0.5, 0.6) is 0 Å². The van der Waals surface area contributed by atoms with Gasteiger partial charge in [0.2, 0.25) is 11.8 Å². The molecule has 1 aromatic carbocycles. The summed E-state index contributed by atoms with van der Waals surface area (Å²) in [6.07, 6.45) is 6.17. The first kappa shape index (κ1) is 16.4. The van der Waals surface area contributed by atoms with Crippen molar-refractivity contribution in [3.05, 3.63) is 35.2 Å². The van der Waals surface area contributed by atoms with Crippen molar-refractivity contribution in [1.29, 1.82) is 0 Å². The maximum atomic E-state index is 9.34. The van der Waals surface area contributed by atoms with Gasteiger partial charge in [0.15, 0.2) is 0 Å². The SMILES string of the molecule is OCCN(Cc1nnc(-c2cccc(Cl)c2)o1)C1CCCCC1. The fourth-order valence-electron chi connectivity index (χ4n) is 3.19. The van der Waals surface area contributed by atoms with E-state index in [1.807, 2.05) is 24.3 Å². The molecule has 1 aliphatic carbocycles. The van der Waals surface area contributed by atoms with Gasteiger partial charge in [-0.15, -0.1) is 10.2 Å². The Bertz CT molecular complexity index is 626. The summed E-state index contributed by atoms with van der Waals surface area (Å²) in [5.74, 6) is 1.06. The molecule has 0 atom stereocenters. The Morgan fingerprint density at radius 3 is 2.78 bits per heavy atom. The molecule has 1 saturated carbocycles. The van der Waals surface area contributed by atoms with Gasteiger partial charge in [-0.05, 0) is 31.0 Å². The van der Waals surface area contributed by atoms with Gasteiger partial charge in [0, 0.05) is 23.2 Å². The lowest BCUT2D eigenvalue weighted by molar-refractivity contribution is 0.108. The van der Waals surface area contributed by atoms with E-state index in [-0.39, 0.29) is 6.61 Å². The number of hydrogen-bond donors (Lipinski definition) is 1. The highest BCUT2D eigenvalue weighted by Gasteiger charge is 2.22. The molecule has 1 aliphatic rings. The number of aliphatic hydroxyl groups is 1. The maximum absolute atomic E-state index is 9.34. The van der Waals surface area contributed by atoms with Crippen molar-refractivity contribution in [2.75, 3.05) is 13.2 Å². The number of nitrogens with zero attached hydrogens (tertiary/aromatic N) is 3. The minimum Gasteiger partial charge on any atom is -0.419 e. The lowest BCUT2D eigenvalue weighted by Gasteiger charge is -2.32. The molecule has 3 rings (SSSR count). The predicted octanol–water partition coefficient (Wildman–Crippen LogP) is 3.52. The Hall–Kier alpha value is -1.43. The highest BCUT2D eigenvalue weighted by Crippen LogP contribution is 2.25. The Kier molecular flexibility index (Phi) is 5.65. The molecule has 1 N–H and O–H groups in total. The zero-order valence-corrected chi connectivity index (χ0v) is 13.9. The van der Waals surface area contributed by atoms with Crippen molar-refractivity contribution in [3.8, 4) is 11.5 Å². The first-order chi connectivity index (χ1) is 11.3. The van der Waals surface area contributed by atoms with Crippen LogP contribution >= 0.6 is 11.6 Å². The van der Waals surface area contributed by atoms with Crippen LogP contribution in [0.3, 0.4) is 0 Å². The summed E-state index contributed by atoms with van der Waals surface area (Å²) < 4.78 is 5.79. The van der Waals surface area contributed by atoms with Crippen molar-refractivity contribution in [3.63, 3.8) is 0 Å². The summed E-state index contributed by atoms with van der Waals surface area (Å²) >= 11 is 6.00. The van der Waals surface area contributed by atoms with Gasteiger partial charge in [-0.1, -0.05) is 36.9 Å². The Morgan fingerprint density at radius 2 is 2.04 bits per heavy atom. The van der Waals surface area contributed by atoms with Crippen LogP contribution in [0.25, 0.3) is 11.5 Å². The molecule has 0 amide bonds. The molecule has 6 heteroatoms. The molecular weight excluding hydrogens is 314 g/mol. The lowest BCUT2D eigenvalue weighted by Crippen LogP contribution is -2.38. The Balaban J connectivity index is 1.71. The van der Waals surface area contributed by atoms with E-state index in [1.165, 1.54) is 32.1 Å². The quantitative estimate of drug-likeness (QED) is 0.875. The van der Waals surface area contributed by atoms with Gasteiger partial charge in [0.25, 0.3) is 0 Å². The van der Waals surface area contributed by atoms with E-state index in [0.717, 1.165) is 5.56 Å². The van der Waals surface area contributed by atoms with Crippen molar-refractivity contribution < 1.29 is 9.52 Å². The molecule has 1 aromatic heterocycles. The fraction of sp³-hybridized carbons (Fsp3) is 0.529. The molecular formula is C17H22ClN3O2. The highest BCUT2D eigenvalue weighted by molar-refractivity contribution is 6.30. The van der Waals surface area contributed by atoms with Crippen LogP contribution in [0.2, 0.25) is 5.02 Å². The fourth-order valence-corrected chi connectivity index (χ4v) is 3.39. The van der Waals surface area contributed by atoms with Crippen LogP contribution in [0, 0.1) is 0 Å². The van der Waals surface area contributed by atoms with Crippen molar-refractivity contribution >= 4 is 11.6 Å². The minimum atomic E-state index is 0.145. The number of halogens is 1. The van der Waals surface area contributed by atoms with Gasteiger partial charge in [-0.25, -0.2) is 0 Å². The van der Waals surface area contributed by atoms with Crippen LogP contribution in [0.15, 0.2) is 28.7 Å². The Morgan fingerprint density at radius 1 is 1.22 bits per heavy atom. The first-order valence-corrected chi connectivity index (χ1v) is 8.57. The molecule has 2 aromatic rings. The van der Waals surface area contributed by atoms with Crippen molar-refractivity contribution in [2.45, 2.75) is 44.7 Å². The van der Waals surface area contributed by atoms with E-state index >= 15 is 0 Å². The summed E-state index contributed by atoms with van der Waals surface area (Å²) in [7, 11) is 0. The third-order valence-electron chi connectivity index (χ3n) is 4.36. The third kappa shape index (κ3) is 4.31. The molecule has 5 nitrogen and oxygen atoms in total. The molecule has 1 heterocycles. The molecule has 0 radical (unpaired) electrons. The average Bonchev–Trinajstić information content (AvgIpc) is 3.04. The first-order valence-electron chi connectivity index (χ1n) is 8.19. The van der Waals surface area contributed by atoms with Gasteiger partial charge >= 0.3 is 0 Å². The topological polar surface area (TPSA) is 62.4 Å². The second-order valence-corrected chi connectivity index (χ2v) is 6.43. The molecule has 0 bridgehead atoms. The number of aliphatic hydroxyl groups excluding tert-OH is 1. The second kappa shape index (κ2) is 7.90. The van der Waals surface area contributed by atoms with E-state index in [0.29, 0.717) is 35.9 Å². The van der Waals surface area contributed by atoms with E-state index in [4.69, 9.17) is 16.0 Å². The molecule has 1 fully saturated rings. The van der Waals surface area contributed by atoms with Gasteiger partial charge in [-0.3, -0.25) is 4.90 Å². The van der Waals surface area contributed by atoms with E-state index in [1.54, 1.807) is 0 Å². The minimum absolute atomic E-state index is 0.145. The standard InChI is InChI=1S/C17H22ClN3O2/c18-14-6-4-5-13(11-14)17-20-19-16(23-17)12-21(9-10-22)15-7-2-1-3-8-15/h4-6,11,15,22H,1-3,7-10,12H2. The van der Waals surface area contributed by atoms with Crippen LogP contribution in [0.4, 0.5) is 0 Å². The molecule has 0 aliphatic heterocycles. The van der Waals surface area contributed by atoms with Gasteiger partial charge < -0.3 is 9.52 Å². The second-order valence-electron chi connectivity index (χ2n) is 6.00. The molecule has 0 unspecified atom stereocenters. The lowest BCUT2D eigenvalue weighted by atomic mass is 9.94. The molecule has 0 spiro atoms. The molecule has 124 valence electrons. The smallest absolute Gasteiger partial charge is 0.247 e. The summed E-state index contributed by atoms with van der Waals surface area (Å²) in [5, 5.41) is 18.3. The van der Waals surface area contributed by atoms with Gasteiger partial charge in [0.1, 0.15) is 0 Å². The van der Waals surface area contributed by atoms with Crippen LogP contribution in [-0.4, -0.2) is 39.4 Å². The van der Waals surface area contributed by atoms with E-state index in [9.17, 15) is 5.11 Å². The zero-order chi connectivity index (χ0) is 16.1. The van der Waals surface area contributed by atoms with Crippen LogP contribution in [0.1, 0.15) is 38.0 Å². The number of aromatic nitrogens is 2. The molecule has 0 saturated heterocycles. The highest BCUT2D eigenvalue weighted by atomic mass is 35.5. The zero-order valence-electron chi connectivity index (χ0n) is 13.1. The maximum Gasteiger partial charge on any atom is 0.247 e. The summed E-state index contributed by atoms with van der Waals surface area (Å²) in [5.41, 5.74) is 0.822. The monoisotopic (exact) mass is 335 g/mol. The van der Waals surface area contributed by atoms with Crippen LogP contribution < -0.4 is 0 Å². The molecule has 23 heavy (non-hydrogen) atoms. The normalized spacial score (nSPS) is 16.1. The summed E-state index contributed by atoms with van der Waals surface area (Å²) in [6.45, 7) is 1.37. The number of rotatable bonds is 6. The number of benzene rings is 1. The van der Waals surface area contributed by atoms with E-state index in [2.05, 4.69) is 15.1 Å². The van der Waals surface area contributed by atoms with Crippen molar-refractivity contribution in [2.24, 2.45) is 0 Å². The third-order valence-corrected chi connectivity index (χ3v) is 4.59. The largest absolute Gasteiger partial charge is 0.419 e. The Labute approximate surface area is 141 Å². The average molecular weight is 336 g/mol. The summed E-state index contributed by atoms with van der Waals surface area (Å²) in [6, 6.07) is 7.88. The van der Waals surface area contributed by atoms with E-state index < -0.39 is 0 Å².